The van der Waals surface area contributed by atoms with Crippen LogP contribution in [0.3, 0.4) is 0 Å². The Kier molecular flexibility index (Phi) is 3.56. The molecule has 0 aliphatic rings. The summed E-state index contributed by atoms with van der Waals surface area (Å²) in [5, 5.41) is 0. The third-order valence-electron chi connectivity index (χ3n) is 2.67. The highest BCUT2D eigenvalue weighted by Crippen LogP contribution is 2.30. The van der Waals surface area contributed by atoms with E-state index in [2.05, 4.69) is 4.98 Å². The van der Waals surface area contributed by atoms with Crippen LogP contribution in [0, 0.1) is 0 Å². The number of nitrogens with zero attached hydrogens (tertiary/aromatic N) is 1. The molecular weight excluding hydrogens is 291 g/mol. The number of hydrogen-bond donors (Lipinski definition) is 0. The van der Waals surface area contributed by atoms with Gasteiger partial charge in [0.15, 0.2) is 9.84 Å². The maximum Gasteiger partial charge on any atom is 0.416 e. The van der Waals surface area contributed by atoms with Crippen molar-refractivity contribution in [3.8, 4) is 11.3 Å². The summed E-state index contributed by atoms with van der Waals surface area (Å²) in [6.45, 7) is 0. The standard InChI is InChI=1S/C13H10F3NO2S/c1-20(18,19)11-6-7-12(17-8-11)9-2-4-10(5-3-9)13(14,15)16/h2-8H,1H3. The molecule has 2 rings (SSSR count). The Hall–Kier alpha value is -1.89. The van der Waals surface area contributed by atoms with Gasteiger partial charge in [-0.15, -0.1) is 0 Å². The number of rotatable bonds is 2. The molecule has 106 valence electrons. The molecule has 1 aromatic heterocycles. The molecule has 2 aromatic rings. The van der Waals surface area contributed by atoms with Crippen LogP contribution in [0.1, 0.15) is 5.56 Å². The SMILES string of the molecule is CS(=O)(=O)c1ccc(-c2ccc(C(F)(F)F)cc2)nc1. The monoisotopic (exact) mass is 301 g/mol. The van der Waals surface area contributed by atoms with Crippen LogP contribution in [0.15, 0.2) is 47.5 Å². The van der Waals surface area contributed by atoms with Crippen LogP contribution in [0.2, 0.25) is 0 Å². The molecule has 0 saturated carbocycles. The van der Waals surface area contributed by atoms with Crippen molar-refractivity contribution in [3.63, 3.8) is 0 Å². The smallest absolute Gasteiger partial charge is 0.255 e. The minimum absolute atomic E-state index is 0.0631. The molecule has 1 aromatic carbocycles. The molecule has 0 unspecified atom stereocenters. The molecule has 3 nitrogen and oxygen atoms in total. The highest BCUT2D eigenvalue weighted by molar-refractivity contribution is 7.90. The lowest BCUT2D eigenvalue weighted by atomic mass is 10.1. The van der Waals surface area contributed by atoms with Gasteiger partial charge in [-0.2, -0.15) is 13.2 Å². The lowest BCUT2D eigenvalue weighted by Gasteiger charge is -2.07. The number of hydrogen-bond acceptors (Lipinski definition) is 3. The second-order valence-corrected chi connectivity index (χ2v) is 6.24. The Bertz CT molecular complexity index is 705. The van der Waals surface area contributed by atoms with Gasteiger partial charge in [-0.1, -0.05) is 12.1 Å². The van der Waals surface area contributed by atoms with E-state index in [1.165, 1.54) is 30.5 Å². The fraction of sp³-hybridized carbons (Fsp3) is 0.154. The van der Waals surface area contributed by atoms with E-state index in [1.54, 1.807) is 0 Å². The van der Waals surface area contributed by atoms with Crippen molar-refractivity contribution >= 4 is 9.84 Å². The molecule has 1 heterocycles. The fourth-order valence-corrected chi connectivity index (χ4v) is 2.16. The maximum atomic E-state index is 12.4. The minimum Gasteiger partial charge on any atom is -0.255 e. The number of sulfone groups is 1. The lowest BCUT2D eigenvalue weighted by Crippen LogP contribution is -2.04. The number of halogens is 3. The van der Waals surface area contributed by atoms with Crippen molar-refractivity contribution in [1.82, 2.24) is 4.98 Å². The Labute approximate surface area is 114 Å². The first-order valence-electron chi connectivity index (χ1n) is 5.52. The van der Waals surface area contributed by atoms with E-state index in [4.69, 9.17) is 0 Å². The summed E-state index contributed by atoms with van der Waals surface area (Å²) in [4.78, 5) is 4.01. The van der Waals surface area contributed by atoms with Gasteiger partial charge < -0.3 is 0 Å². The van der Waals surface area contributed by atoms with E-state index in [-0.39, 0.29) is 4.90 Å². The second-order valence-electron chi connectivity index (χ2n) is 4.23. The van der Waals surface area contributed by atoms with Crippen molar-refractivity contribution in [2.24, 2.45) is 0 Å². The van der Waals surface area contributed by atoms with Crippen LogP contribution >= 0.6 is 0 Å². The van der Waals surface area contributed by atoms with Crippen LogP contribution in [0.4, 0.5) is 13.2 Å². The Balaban J connectivity index is 2.33. The number of aromatic nitrogens is 1. The van der Waals surface area contributed by atoms with Gasteiger partial charge in [0.05, 0.1) is 16.2 Å². The van der Waals surface area contributed by atoms with Gasteiger partial charge >= 0.3 is 6.18 Å². The quantitative estimate of drug-likeness (QED) is 0.856. The lowest BCUT2D eigenvalue weighted by molar-refractivity contribution is -0.137. The van der Waals surface area contributed by atoms with Crippen molar-refractivity contribution in [2.75, 3.05) is 6.26 Å². The number of alkyl halides is 3. The third kappa shape index (κ3) is 3.16. The molecule has 0 N–H and O–H groups in total. The predicted octanol–water partition coefficient (Wildman–Crippen LogP) is 3.17. The molecule has 0 aliphatic carbocycles. The average Bonchev–Trinajstić information content (AvgIpc) is 2.37. The topological polar surface area (TPSA) is 47.0 Å². The predicted molar refractivity (Wildman–Crippen MR) is 67.8 cm³/mol. The largest absolute Gasteiger partial charge is 0.416 e. The summed E-state index contributed by atoms with van der Waals surface area (Å²) in [7, 11) is -3.34. The number of benzene rings is 1. The van der Waals surface area contributed by atoms with E-state index in [9.17, 15) is 21.6 Å². The molecule has 0 radical (unpaired) electrons. The Morgan fingerprint density at radius 2 is 1.60 bits per heavy atom. The first kappa shape index (κ1) is 14.5. The van der Waals surface area contributed by atoms with E-state index in [0.29, 0.717) is 11.3 Å². The van der Waals surface area contributed by atoms with Crippen LogP contribution in [-0.4, -0.2) is 19.7 Å². The van der Waals surface area contributed by atoms with Crippen LogP contribution in [-0.2, 0) is 16.0 Å². The molecule has 0 bridgehead atoms. The van der Waals surface area contributed by atoms with Gasteiger partial charge in [0, 0.05) is 18.0 Å². The Morgan fingerprint density at radius 3 is 2.00 bits per heavy atom. The van der Waals surface area contributed by atoms with E-state index < -0.39 is 21.6 Å². The molecule has 0 saturated heterocycles. The first-order valence-corrected chi connectivity index (χ1v) is 7.41. The van der Waals surface area contributed by atoms with Crippen molar-refractivity contribution in [2.45, 2.75) is 11.1 Å². The molecule has 0 atom stereocenters. The van der Waals surface area contributed by atoms with Gasteiger partial charge in [-0.3, -0.25) is 4.98 Å². The van der Waals surface area contributed by atoms with Gasteiger partial charge in [-0.25, -0.2) is 8.42 Å². The summed E-state index contributed by atoms with van der Waals surface area (Å²) < 4.78 is 59.8. The molecular formula is C13H10F3NO2S. The van der Waals surface area contributed by atoms with Crippen LogP contribution < -0.4 is 0 Å². The normalized spacial score (nSPS) is 12.4. The molecule has 0 fully saturated rings. The van der Waals surface area contributed by atoms with Crippen LogP contribution in [0.5, 0.6) is 0 Å². The minimum atomic E-state index is -4.38. The molecule has 7 heteroatoms. The zero-order valence-electron chi connectivity index (χ0n) is 10.3. The van der Waals surface area contributed by atoms with Gasteiger partial charge in [0.25, 0.3) is 0 Å². The molecule has 0 amide bonds. The maximum absolute atomic E-state index is 12.4. The number of pyridine rings is 1. The average molecular weight is 301 g/mol. The zero-order valence-corrected chi connectivity index (χ0v) is 11.2. The molecule has 0 spiro atoms. The van der Waals surface area contributed by atoms with Gasteiger partial charge in [0.2, 0.25) is 0 Å². The summed E-state index contributed by atoms with van der Waals surface area (Å²) in [5.41, 5.74) is 0.151. The second kappa shape index (κ2) is 4.90. The summed E-state index contributed by atoms with van der Waals surface area (Å²) in [6.07, 6.45) is -2.14. The highest BCUT2D eigenvalue weighted by Gasteiger charge is 2.29. The van der Waals surface area contributed by atoms with Crippen molar-refractivity contribution in [1.29, 1.82) is 0 Å². The molecule has 20 heavy (non-hydrogen) atoms. The first-order chi connectivity index (χ1) is 9.18. The summed E-state index contributed by atoms with van der Waals surface area (Å²) >= 11 is 0. The van der Waals surface area contributed by atoms with Gasteiger partial charge in [0.1, 0.15) is 0 Å². The summed E-state index contributed by atoms with van der Waals surface area (Å²) in [6, 6.07) is 7.34. The van der Waals surface area contributed by atoms with E-state index >= 15 is 0 Å². The van der Waals surface area contributed by atoms with Crippen LogP contribution in [0.25, 0.3) is 11.3 Å². The fourth-order valence-electron chi connectivity index (χ4n) is 1.60. The Morgan fingerprint density at radius 1 is 1.00 bits per heavy atom. The third-order valence-corrected chi connectivity index (χ3v) is 3.77. The molecule has 0 aliphatic heterocycles. The zero-order chi connectivity index (χ0) is 15.0. The van der Waals surface area contributed by atoms with Crippen molar-refractivity contribution in [3.05, 3.63) is 48.2 Å². The van der Waals surface area contributed by atoms with E-state index in [0.717, 1.165) is 18.4 Å². The van der Waals surface area contributed by atoms with E-state index in [1.807, 2.05) is 0 Å². The van der Waals surface area contributed by atoms with Crippen molar-refractivity contribution < 1.29 is 21.6 Å². The highest BCUT2D eigenvalue weighted by atomic mass is 32.2. The summed E-state index contributed by atoms with van der Waals surface area (Å²) in [5.74, 6) is 0. The van der Waals surface area contributed by atoms with Gasteiger partial charge in [-0.05, 0) is 24.3 Å².